The molecule has 0 aromatic heterocycles. The second-order valence-corrected chi connectivity index (χ2v) is 8.35. The summed E-state index contributed by atoms with van der Waals surface area (Å²) in [6.07, 6.45) is 0.372. The van der Waals surface area contributed by atoms with E-state index in [1.54, 1.807) is 17.0 Å². The summed E-state index contributed by atoms with van der Waals surface area (Å²) in [6.45, 7) is 6.55. The summed E-state index contributed by atoms with van der Waals surface area (Å²) < 4.78 is 5.39. The van der Waals surface area contributed by atoms with E-state index in [4.69, 9.17) is 16.3 Å². The summed E-state index contributed by atoms with van der Waals surface area (Å²) in [5, 5.41) is 3.67. The van der Waals surface area contributed by atoms with Crippen LogP contribution in [-0.4, -0.2) is 41.6 Å². The van der Waals surface area contributed by atoms with Gasteiger partial charge in [0.1, 0.15) is 5.60 Å². The summed E-state index contributed by atoms with van der Waals surface area (Å²) in [5.74, 6) is -0.151. The predicted molar refractivity (Wildman–Crippen MR) is 111 cm³/mol. The number of rotatable bonds is 3. The van der Waals surface area contributed by atoms with Crippen molar-refractivity contribution in [2.75, 3.05) is 13.1 Å². The Labute approximate surface area is 170 Å². The maximum absolute atomic E-state index is 12.5. The number of carbonyl (C=O) groups is 2. The van der Waals surface area contributed by atoms with Crippen LogP contribution in [-0.2, 0) is 4.74 Å². The normalized spacial score (nSPS) is 16.7. The molecule has 0 spiro atoms. The Morgan fingerprint density at radius 1 is 1.11 bits per heavy atom. The highest BCUT2D eigenvalue weighted by atomic mass is 35.5. The molecular formula is C22H25ClN2O3. The number of halogens is 1. The lowest BCUT2D eigenvalue weighted by atomic mass is 10.0. The Hall–Kier alpha value is -2.53. The molecule has 1 aliphatic heterocycles. The van der Waals surface area contributed by atoms with Crippen molar-refractivity contribution in [1.82, 2.24) is 10.2 Å². The van der Waals surface area contributed by atoms with Crippen molar-refractivity contribution in [1.29, 1.82) is 0 Å². The molecule has 1 aliphatic rings. The number of benzene rings is 2. The second kappa shape index (κ2) is 8.23. The van der Waals surface area contributed by atoms with Crippen LogP contribution in [0.5, 0.6) is 0 Å². The van der Waals surface area contributed by atoms with E-state index in [1.165, 1.54) is 0 Å². The molecule has 5 nitrogen and oxygen atoms in total. The first-order valence-electron chi connectivity index (χ1n) is 9.37. The lowest BCUT2D eigenvalue weighted by molar-refractivity contribution is 0.0290. The van der Waals surface area contributed by atoms with Gasteiger partial charge in [0.15, 0.2) is 0 Å². The van der Waals surface area contributed by atoms with Crippen LogP contribution in [0.1, 0.15) is 37.6 Å². The standard InChI is InChI=1S/C22H25ClN2O3/c1-22(2,3)28-21(27)25-13-12-17(14-25)24-20(26)16-10-8-15(9-11-16)18-6-4-5-7-19(18)23/h4-11,17H,12-14H2,1-3H3,(H,24,26). The van der Waals surface area contributed by atoms with Gasteiger partial charge < -0.3 is 15.0 Å². The van der Waals surface area contributed by atoms with Gasteiger partial charge in [0, 0.05) is 35.3 Å². The van der Waals surface area contributed by atoms with Crippen LogP contribution in [0.4, 0.5) is 4.79 Å². The lowest BCUT2D eigenvalue weighted by Crippen LogP contribution is -2.40. The van der Waals surface area contributed by atoms with Gasteiger partial charge in [-0.15, -0.1) is 0 Å². The first-order chi connectivity index (χ1) is 13.2. The third-order valence-electron chi connectivity index (χ3n) is 4.51. The lowest BCUT2D eigenvalue weighted by Gasteiger charge is -2.24. The smallest absolute Gasteiger partial charge is 0.410 e. The predicted octanol–water partition coefficient (Wildman–Crippen LogP) is 4.75. The van der Waals surface area contributed by atoms with Crippen LogP contribution in [0.3, 0.4) is 0 Å². The topological polar surface area (TPSA) is 58.6 Å². The highest BCUT2D eigenvalue weighted by molar-refractivity contribution is 6.33. The summed E-state index contributed by atoms with van der Waals surface area (Å²) in [4.78, 5) is 26.3. The van der Waals surface area contributed by atoms with Crippen molar-refractivity contribution < 1.29 is 14.3 Å². The molecule has 2 aromatic rings. The van der Waals surface area contributed by atoms with Gasteiger partial charge in [-0.3, -0.25) is 4.79 Å². The van der Waals surface area contributed by atoms with E-state index in [1.807, 2.05) is 57.2 Å². The quantitative estimate of drug-likeness (QED) is 0.809. The monoisotopic (exact) mass is 400 g/mol. The van der Waals surface area contributed by atoms with E-state index in [0.717, 1.165) is 11.1 Å². The SMILES string of the molecule is CC(C)(C)OC(=O)N1CCC(NC(=O)c2ccc(-c3ccccc3Cl)cc2)C1. The van der Waals surface area contributed by atoms with E-state index < -0.39 is 5.60 Å². The Balaban J connectivity index is 1.58. The van der Waals surface area contributed by atoms with Gasteiger partial charge >= 0.3 is 6.09 Å². The van der Waals surface area contributed by atoms with Gasteiger partial charge in [-0.1, -0.05) is 41.9 Å². The zero-order chi connectivity index (χ0) is 20.3. The Bertz CT molecular complexity index is 859. The molecule has 1 saturated heterocycles. The first kappa shape index (κ1) is 20.2. The van der Waals surface area contributed by atoms with Crippen LogP contribution in [0.2, 0.25) is 5.02 Å². The summed E-state index contributed by atoms with van der Waals surface area (Å²) >= 11 is 6.23. The molecule has 1 N–H and O–H groups in total. The third-order valence-corrected chi connectivity index (χ3v) is 4.84. The van der Waals surface area contributed by atoms with Crippen molar-refractivity contribution in [2.24, 2.45) is 0 Å². The van der Waals surface area contributed by atoms with E-state index in [-0.39, 0.29) is 18.0 Å². The fraction of sp³-hybridized carbons (Fsp3) is 0.364. The molecule has 1 atom stereocenters. The molecule has 2 amide bonds. The summed E-state index contributed by atoms with van der Waals surface area (Å²) in [6, 6.07) is 14.9. The van der Waals surface area contributed by atoms with Gasteiger partial charge in [0.2, 0.25) is 0 Å². The van der Waals surface area contributed by atoms with Gasteiger partial charge in [0.25, 0.3) is 5.91 Å². The van der Waals surface area contributed by atoms with Crippen LogP contribution in [0.25, 0.3) is 11.1 Å². The Morgan fingerprint density at radius 3 is 2.43 bits per heavy atom. The van der Waals surface area contributed by atoms with E-state index >= 15 is 0 Å². The van der Waals surface area contributed by atoms with Crippen LogP contribution >= 0.6 is 11.6 Å². The van der Waals surface area contributed by atoms with E-state index in [0.29, 0.717) is 30.1 Å². The first-order valence-corrected chi connectivity index (χ1v) is 9.74. The average molecular weight is 401 g/mol. The van der Waals surface area contributed by atoms with Crippen molar-refractivity contribution in [3.05, 3.63) is 59.1 Å². The number of carbonyl (C=O) groups excluding carboxylic acids is 2. The molecule has 148 valence electrons. The van der Waals surface area contributed by atoms with Crippen LogP contribution in [0, 0.1) is 0 Å². The molecule has 0 aliphatic carbocycles. The van der Waals surface area contributed by atoms with Gasteiger partial charge in [-0.25, -0.2) is 4.79 Å². The maximum atomic E-state index is 12.5. The summed E-state index contributed by atoms with van der Waals surface area (Å²) in [7, 11) is 0. The highest BCUT2D eigenvalue weighted by Gasteiger charge is 2.30. The van der Waals surface area contributed by atoms with Crippen LogP contribution < -0.4 is 5.32 Å². The van der Waals surface area contributed by atoms with Crippen molar-refractivity contribution >= 4 is 23.6 Å². The molecule has 28 heavy (non-hydrogen) atoms. The van der Waals surface area contributed by atoms with Gasteiger partial charge in [-0.05, 0) is 51.0 Å². The zero-order valence-electron chi connectivity index (χ0n) is 16.4. The highest BCUT2D eigenvalue weighted by Crippen LogP contribution is 2.27. The summed E-state index contributed by atoms with van der Waals surface area (Å²) in [5.41, 5.74) is 1.94. The Kier molecular flexibility index (Phi) is 5.94. The molecule has 1 fully saturated rings. The maximum Gasteiger partial charge on any atom is 0.410 e. The Morgan fingerprint density at radius 2 is 1.79 bits per heavy atom. The number of hydrogen-bond donors (Lipinski definition) is 1. The number of hydrogen-bond acceptors (Lipinski definition) is 3. The number of nitrogens with zero attached hydrogens (tertiary/aromatic N) is 1. The fourth-order valence-corrected chi connectivity index (χ4v) is 3.38. The number of amides is 2. The van der Waals surface area contributed by atoms with E-state index in [2.05, 4.69) is 5.32 Å². The number of likely N-dealkylation sites (tertiary alicyclic amines) is 1. The minimum atomic E-state index is -0.526. The minimum absolute atomic E-state index is 0.0803. The largest absolute Gasteiger partial charge is 0.444 e. The zero-order valence-corrected chi connectivity index (χ0v) is 17.1. The number of ether oxygens (including phenoxy) is 1. The fourth-order valence-electron chi connectivity index (χ4n) is 3.14. The number of nitrogens with one attached hydrogen (secondary N) is 1. The minimum Gasteiger partial charge on any atom is -0.444 e. The molecule has 6 heteroatoms. The molecule has 1 heterocycles. The molecule has 3 rings (SSSR count). The average Bonchev–Trinajstić information content (AvgIpc) is 3.09. The molecule has 0 saturated carbocycles. The van der Waals surface area contributed by atoms with Crippen molar-refractivity contribution in [3.63, 3.8) is 0 Å². The molecule has 1 unspecified atom stereocenters. The van der Waals surface area contributed by atoms with Crippen molar-refractivity contribution in [2.45, 2.75) is 38.8 Å². The second-order valence-electron chi connectivity index (χ2n) is 7.94. The van der Waals surface area contributed by atoms with Crippen LogP contribution in [0.15, 0.2) is 48.5 Å². The van der Waals surface area contributed by atoms with Gasteiger partial charge in [0.05, 0.1) is 0 Å². The third kappa shape index (κ3) is 5.04. The molecular weight excluding hydrogens is 376 g/mol. The molecule has 0 bridgehead atoms. The molecule has 0 radical (unpaired) electrons. The van der Waals surface area contributed by atoms with Crippen molar-refractivity contribution in [3.8, 4) is 11.1 Å². The van der Waals surface area contributed by atoms with Gasteiger partial charge in [-0.2, -0.15) is 0 Å². The molecule has 2 aromatic carbocycles. The van der Waals surface area contributed by atoms with E-state index in [9.17, 15) is 9.59 Å².